The van der Waals surface area contributed by atoms with Gasteiger partial charge in [0.2, 0.25) is 5.78 Å². The Morgan fingerprint density at radius 3 is 2.54 bits per heavy atom. The minimum atomic E-state index is -0.0752. The first-order valence-electron chi connectivity index (χ1n) is 11.8. The monoisotopic (exact) mass is 479 g/mol. The van der Waals surface area contributed by atoms with Gasteiger partial charge in [0, 0.05) is 29.1 Å². The number of rotatable bonds is 5. The SMILES string of the molecule is Cc1c2c(cc3c1O/C(=C\c1ccc(-c4ccccc4)cc1)C3=O)CN(CCc1cccs1)CO2. The van der Waals surface area contributed by atoms with Gasteiger partial charge in [0.1, 0.15) is 18.2 Å². The number of nitrogens with zero attached hydrogens (tertiary/aromatic N) is 1. The average molecular weight is 480 g/mol. The third-order valence-electron chi connectivity index (χ3n) is 6.57. The van der Waals surface area contributed by atoms with Crippen LogP contribution in [0.5, 0.6) is 11.5 Å². The number of ketones is 1. The topological polar surface area (TPSA) is 38.8 Å². The van der Waals surface area contributed by atoms with E-state index in [1.54, 1.807) is 11.3 Å². The number of fused-ring (bicyclic) bond motifs is 2. The molecule has 174 valence electrons. The molecule has 0 radical (unpaired) electrons. The Morgan fingerprint density at radius 1 is 0.971 bits per heavy atom. The number of benzene rings is 3. The molecule has 0 fully saturated rings. The van der Waals surface area contributed by atoms with Crippen molar-refractivity contribution in [2.45, 2.75) is 19.9 Å². The second-order valence-electron chi connectivity index (χ2n) is 8.95. The minimum absolute atomic E-state index is 0.0752. The van der Waals surface area contributed by atoms with Gasteiger partial charge in [-0.25, -0.2) is 0 Å². The van der Waals surface area contributed by atoms with Crippen molar-refractivity contribution >= 4 is 23.2 Å². The van der Waals surface area contributed by atoms with Gasteiger partial charge in [-0.2, -0.15) is 0 Å². The van der Waals surface area contributed by atoms with Crippen molar-refractivity contribution in [2.75, 3.05) is 13.3 Å². The largest absolute Gasteiger partial charge is 0.477 e. The van der Waals surface area contributed by atoms with Crippen LogP contribution in [0.3, 0.4) is 0 Å². The molecule has 6 rings (SSSR count). The summed E-state index contributed by atoms with van der Waals surface area (Å²) in [5.74, 6) is 1.74. The zero-order valence-corrected chi connectivity index (χ0v) is 20.3. The highest BCUT2D eigenvalue weighted by atomic mass is 32.1. The zero-order valence-electron chi connectivity index (χ0n) is 19.5. The van der Waals surface area contributed by atoms with E-state index in [4.69, 9.17) is 9.47 Å². The van der Waals surface area contributed by atoms with E-state index in [-0.39, 0.29) is 5.78 Å². The highest BCUT2D eigenvalue weighted by molar-refractivity contribution is 7.09. The van der Waals surface area contributed by atoms with Crippen LogP contribution in [0, 0.1) is 6.92 Å². The summed E-state index contributed by atoms with van der Waals surface area (Å²) in [5, 5.41) is 2.11. The lowest BCUT2D eigenvalue weighted by atomic mass is 9.99. The second kappa shape index (κ2) is 9.17. The van der Waals surface area contributed by atoms with Crippen LogP contribution in [-0.4, -0.2) is 24.0 Å². The van der Waals surface area contributed by atoms with Crippen molar-refractivity contribution < 1.29 is 14.3 Å². The van der Waals surface area contributed by atoms with Crippen LogP contribution in [0.25, 0.3) is 17.2 Å². The van der Waals surface area contributed by atoms with Crippen molar-refractivity contribution in [3.63, 3.8) is 0 Å². The van der Waals surface area contributed by atoms with Crippen molar-refractivity contribution in [1.29, 1.82) is 0 Å². The summed E-state index contributed by atoms with van der Waals surface area (Å²) in [6, 6.07) is 24.6. The Morgan fingerprint density at radius 2 is 1.77 bits per heavy atom. The molecule has 3 heterocycles. The second-order valence-corrected chi connectivity index (χ2v) is 9.98. The summed E-state index contributed by atoms with van der Waals surface area (Å²) in [4.78, 5) is 16.9. The van der Waals surface area contributed by atoms with Crippen LogP contribution < -0.4 is 9.47 Å². The summed E-state index contributed by atoms with van der Waals surface area (Å²) < 4.78 is 12.2. The van der Waals surface area contributed by atoms with E-state index in [1.165, 1.54) is 4.88 Å². The molecule has 4 aromatic rings. The molecule has 0 amide bonds. The van der Waals surface area contributed by atoms with Crippen molar-refractivity contribution in [3.8, 4) is 22.6 Å². The summed E-state index contributed by atoms with van der Waals surface area (Å²) in [5.41, 5.74) is 5.80. The maximum absolute atomic E-state index is 13.2. The highest BCUT2D eigenvalue weighted by Crippen LogP contribution is 2.43. The molecule has 0 atom stereocenters. The number of Topliss-reactive ketones (excluding diaryl/α,β-unsaturated/α-hetero) is 1. The number of hydrogen-bond acceptors (Lipinski definition) is 5. The summed E-state index contributed by atoms with van der Waals surface area (Å²) in [6.07, 6.45) is 2.82. The Hall–Kier alpha value is -3.67. The van der Waals surface area contributed by atoms with Crippen molar-refractivity contribution in [2.24, 2.45) is 0 Å². The van der Waals surface area contributed by atoms with Gasteiger partial charge in [-0.05, 0) is 53.6 Å². The highest BCUT2D eigenvalue weighted by Gasteiger charge is 2.33. The molecule has 2 aliphatic rings. The molecule has 0 saturated heterocycles. The minimum Gasteiger partial charge on any atom is -0.477 e. The van der Waals surface area contributed by atoms with Crippen LogP contribution in [0.2, 0.25) is 0 Å². The van der Waals surface area contributed by atoms with Crippen molar-refractivity contribution in [3.05, 3.63) is 111 Å². The molecule has 2 aliphatic heterocycles. The molecular formula is C30H25NO3S. The molecule has 0 N–H and O–H groups in total. The molecule has 0 spiro atoms. The number of carbonyl (C=O) groups excluding carboxylic acids is 1. The number of ether oxygens (including phenoxy) is 2. The van der Waals surface area contributed by atoms with Crippen LogP contribution in [0.15, 0.2) is 83.9 Å². The average Bonchev–Trinajstić information content (AvgIpc) is 3.53. The number of hydrogen-bond donors (Lipinski definition) is 0. The van der Waals surface area contributed by atoms with Crippen LogP contribution in [-0.2, 0) is 13.0 Å². The molecule has 0 aliphatic carbocycles. The van der Waals surface area contributed by atoms with Gasteiger partial charge in [0.15, 0.2) is 5.76 Å². The maximum Gasteiger partial charge on any atom is 0.231 e. The third-order valence-corrected chi connectivity index (χ3v) is 7.51. The molecule has 0 saturated carbocycles. The van der Waals surface area contributed by atoms with Gasteiger partial charge in [-0.15, -0.1) is 11.3 Å². The number of allylic oxidation sites excluding steroid dienone is 1. The van der Waals surface area contributed by atoms with Crippen LogP contribution in [0.4, 0.5) is 0 Å². The molecule has 4 nitrogen and oxygen atoms in total. The zero-order chi connectivity index (χ0) is 23.8. The summed E-state index contributed by atoms with van der Waals surface area (Å²) in [7, 11) is 0. The fraction of sp³-hybridized carbons (Fsp3) is 0.167. The van der Waals surface area contributed by atoms with Gasteiger partial charge < -0.3 is 9.47 Å². The Balaban J connectivity index is 1.21. The third kappa shape index (κ3) is 4.29. The molecule has 5 heteroatoms. The fourth-order valence-corrected chi connectivity index (χ4v) is 5.42. The first-order chi connectivity index (χ1) is 17.2. The number of thiophene rings is 1. The quantitative estimate of drug-likeness (QED) is 0.297. The lowest BCUT2D eigenvalue weighted by Gasteiger charge is -2.30. The lowest BCUT2D eigenvalue weighted by Crippen LogP contribution is -2.34. The lowest BCUT2D eigenvalue weighted by molar-refractivity contribution is 0.0956. The smallest absolute Gasteiger partial charge is 0.231 e. The Kier molecular flexibility index (Phi) is 5.72. The molecule has 1 aromatic heterocycles. The summed E-state index contributed by atoms with van der Waals surface area (Å²) in [6.45, 7) is 4.21. The van der Waals surface area contributed by atoms with E-state index >= 15 is 0 Å². The fourth-order valence-electron chi connectivity index (χ4n) is 4.72. The van der Waals surface area contributed by atoms with Crippen LogP contribution >= 0.6 is 11.3 Å². The van der Waals surface area contributed by atoms with E-state index in [0.29, 0.717) is 23.8 Å². The Labute approximate surface area is 209 Å². The molecule has 0 bridgehead atoms. The Bertz CT molecular complexity index is 1410. The van der Waals surface area contributed by atoms with Gasteiger partial charge in [0.25, 0.3) is 0 Å². The van der Waals surface area contributed by atoms with E-state index in [0.717, 1.165) is 53.1 Å². The first-order valence-corrected chi connectivity index (χ1v) is 12.7. The van der Waals surface area contributed by atoms with E-state index in [9.17, 15) is 4.79 Å². The van der Waals surface area contributed by atoms with E-state index < -0.39 is 0 Å². The first kappa shape index (κ1) is 21.8. The van der Waals surface area contributed by atoms with Crippen molar-refractivity contribution in [1.82, 2.24) is 4.90 Å². The molecule has 35 heavy (non-hydrogen) atoms. The maximum atomic E-state index is 13.2. The predicted octanol–water partition coefficient (Wildman–Crippen LogP) is 6.73. The van der Waals surface area contributed by atoms with Gasteiger partial charge in [-0.3, -0.25) is 9.69 Å². The van der Waals surface area contributed by atoms with E-state index in [2.05, 4.69) is 46.7 Å². The van der Waals surface area contributed by atoms with Gasteiger partial charge in [-0.1, -0.05) is 60.7 Å². The van der Waals surface area contributed by atoms with Gasteiger partial charge >= 0.3 is 0 Å². The van der Waals surface area contributed by atoms with Crippen LogP contribution in [0.1, 0.15) is 31.9 Å². The standard InChI is InChI=1S/C30H25NO3S/c1-20-29-24(18-31(19-33-29)14-13-25-8-5-15-35-25)17-26-28(32)27(34-30(20)26)16-21-9-11-23(12-10-21)22-6-3-2-4-7-22/h2-12,15-17H,13-14,18-19H2,1H3/b27-16-. The van der Waals surface area contributed by atoms with Gasteiger partial charge in [0.05, 0.1) is 5.56 Å². The predicted molar refractivity (Wildman–Crippen MR) is 140 cm³/mol. The molecule has 3 aromatic carbocycles. The molecule has 0 unspecified atom stereocenters. The normalized spacial score (nSPS) is 16.0. The number of carbonyl (C=O) groups is 1. The molecular weight excluding hydrogens is 454 g/mol. The summed E-state index contributed by atoms with van der Waals surface area (Å²) >= 11 is 1.78. The van der Waals surface area contributed by atoms with E-state index in [1.807, 2.05) is 49.4 Å².